The first-order valence-corrected chi connectivity index (χ1v) is 6.85. The van der Waals surface area contributed by atoms with E-state index in [1.54, 1.807) is 20.8 Å². The Hall–Kier alpha value is -1.47. The van der Waals surface area contributed by atoms with E-state index >= 15 is 0 Å². The first-order chi connectivity index (χ1) is 9.50. The predicted octanol–water partition coefficient (Wildman–Crippen LogP) is 2.45. The Morgan fingerprint density at radius 3 is 2.38 bits per heavy atom. The number of hydrogen-bond donors (Lipinski definition) is 1. The van der Waals surface area contributed by atoms with Crippen molar-refractivity contribution in [2.75, 3.05) is 13.1 Å². The number of ether oxygens (including phenoxy) is 1. The van der Waals surface area contributed by atoms with Gasteiger partial charge < -0.3 is 15.0 Å². The summed E-state index contributed by atoms with van der Waals surface area (Å²) >= 11 is 0. The van der Waals surface area contributed by atoms with Crippen LogP contribution in [0.2, 0.25) is 0 Å². The normalized spacial score (nSPS) is 20.1. The Kier molecular flexibility index (Phi) is 5.47. The highest BCUT2D eigenvalue weighted by Crippen LogP contribution is 2.21. The van der Waals surface area contributed by atoms with Gasteiger partial charge in [0.25, 0.3) is 0 Å². The predicted molar refractivity (Wildman–Crippen MR) is 69.6 cm³/mol. The minimum atomic E-state index is -4.91. The first kappa shape index (κ1) is 17.6. The topological polar surface area (TPSA) is 58.6 Å². The molecule has 0 aromatic carbocycles. The molecule has 2 amide bonds. The summed E-state index contributed by atoms with van der Waals surface area (Å²) in [6.07, 6.45) is -3.37. The Balaban J connectivity index is 2.61. The number of nitrogens with one attached hydrogen (secondary N) is 1. The van der Waals surface area contributed by atoms with Gasteiger partial charge in [-0.2, -0.15) is 13.2 Å². The molecule has 0 bridgehead atoms. The van der Waals surface area contributed by atoms with Crippen LogP contribution >= 0.6 is 0 Å². The lowest BCUT2D eigenvalue weighted by molar-refractivity contribution is -0.173. The lowest BCUT2D eigenvalue weighted by Gasteiger charge is -2.36. The molecule has 1 heterocycles. The number of piperidine rings is 1. The van der Waals surface area contributed by atoms with Crippen LogP contribution in [0.25, 0.3) is 0 Å². The molecule has 1 aliphatic heterocycles. The molecular weight excluding hydrogens is 289 g/mol. The summed E-state index contributed by atoms with van der Waals surface area (Å²) in [7, 11) is 0. The zero-order valence-electron chi connectivity index (χ0n) is 12.4. The summed E-state index contributed by atoms with van der Waals surface area (Å²) in [6, 6.07) is -0.472. The van der Waals surface area contributed by atoms with Crippen molar-refractivity contribution in [2.45, 2.75) is 57.9 Å². The monoisotopic (exact) mass is 310 g/mol. The molecule has 1 aliphatic rings. The van der Waals surface area contributed by atoms with Crippen molar-refractivity contribution in [1.29, 1.82) is 0 Å². The van der Waals surface area contributed by atoms with E-state index in [0.717, 1.165) is 12.8 Å². The van der Waals surface area contributed by atoms with Crippen LogP contribution in [0.4, 0.5) is 18.0 Å². The van der Waals surface area contributed by atoms with Gasteiger partial charge in [-0.3, -0.25) is 4.79 Å². The minimum absolute atomic E-state index is 0.225. The van der Waals surface area contributed by atoms with E-state index in [1.807, 2.05) is 5.32 Å². The maximum Gasteiger partial charge on any atom is 0.471 e. The Bertz CT molecular complexity index is 391. The lowest BCUT2D eigenvalue weighted by atomic mass is 10.0. The smallest absolute Gasteiger partial charge is 0.444 e. The lowest BCUT2D eigenvalue weighted by Crippen LogP contribution is -2.52. The third-order valence-electron chi connectivity index (χ3n) is 3.01. The average molecular weight is 310 g/mol. The molecule has 1 saturated heterocycles. The number of carbonyl (C=O) groups is 2. The highest BCUT2D eigenvalue weighted by atomic mass is 19.4. The molecule has 0 aliphatic carbocycles. The molecule has 8 heteroatoms. The van der Waals surface area contributed by atoms with E-state index < -0.39 is 29.8 Å². The molecule has 21 heavy (non-hydrogen) atoms. The van der Waals surface area contributed by atoms with Gasteiger partial charge in [0, 0.05) is 13.1 Å². The molecule has 0 saturated carbocycles. The Labute approximate surface area is 121 Å². The third kappa shape index (κ3) is 5.81. The van der Waals surface area contributed by atoms with Gasteiger partial charge >= 0.3 is 18.2 Å². The summed E-state index contributed by atoms with van der Waals surface area (Å²) in [5.41, 5.74) is -0.672. The van der Waals surface area contributed by atoms with Crippen molar-refractivity contribution in [1.82, 2.24) is 10.2 Å². The number of nitrogens with zero attached hydrogens (tertiary/aromatic N) is 1. The van der Waals surface area contributed by atoms with E-state index in [2.05, 4.69) is 0 Å². The maximum atomic E-state index is 12.2. The molecule has 0 spiro atoms. The van der Waals surface area contributed by atoms with E-state index in [4.69, 9.17) is 4.74 Å². The van der Waals surface area contributed by atoms with Crippen molar-refractivity contribution in [2.24, 2.45) is 0 Å². The first-order valence-electron chi connectivity index (χ1n) is 6.85. The number of carbonyl (C=O) groups excluding carboxylic acids is 2. The van der Waals surface area contributed by atoms with Crippen LogP contribution in [0.1, 0.15) is 40.0 Å². The van der Waals surface area contributed by atoms with Crippen LogP contribution in [0.15, 0.2) is 0 Å². The summed E-state index contributed by atoms with van der Waals surface area (Å²) < 4.78 is 41.7. The minimum Gasteiger partial charge on any atom is -0.444 e. The standard InChI is InChI=1S/C13H21F3N2O3/c1-12(2,3)21-11(20)18-7-5-4-6-9(18)8-17-10(19)13(14,15)16/h9H,4-8H2,1-3H3,(H,17,19)/t9-/m0/s1. The molecule has 1 atom stereocenters. The fourth-order valence-electron chi connectivity index (χ4n) is 2.08. The highest BCUT2D eigenvalue weighted by Gasteiger charge is 2.39. The van der Waals surface area contributed by atoms with E-state index in [1.165, 1.54) is 4.90 Å². The van der Waals surface area contributed by atoms with Crippen molar-refractivity contribution >= 4 is 12.0 Å². The van der Waals surface area contributed by atoms with E-state index in [-0.39, 0.29) is 6.54 Å². The van der Waals surface area contributed by atoms with Crippen molar-refractivity contribution < 1.29 is 27.5 Å². The average Bonchev–Trinajstić information content (AvgIpc) is 2.33. The summed E-state index contributed by atoms with van der Waals surface area (Å²) in [6.45, 7) is 5.35. The van der Waals surface area contributed by atoms with Crippen molar-refractivity contribution in [3.05, 3.63) is 0 Å². The molecule has 1 rings (SSSR count). The zero-order valence-corrected chi connectivity index (χ0v) is 12.4. The second-order valence-electron chi connectivity index (χ2n) is 6.03. The number of alkyl halides is 3. The van der Waals surface area contributed by atoms with Gasteiger partial charge in [-0.1, -0.05) is 0 Å². The Morgan fingerprint density at radius 2 is 1.86 bits per heavy atom. The van der Waals surface area contributed by atoms with Crippen LogP contribution < -0.4 is 5.32 Å². The maximum absolute atomic E-state index is 12.2. The van der Waals surface area contributed by atoms with Crippen LogP contribution in [0, 0.1) is 0 Å². The van der Waals surface area contributed by atoms with Gasteiger partial charge in [-0.25, -0.2) is 4.79 Å². The molecular formula is C13H21F3N2O3. The van der Waals surface area contributed by atoms with Crippen LogP contribution in [-0.4, -0.2) is 47.8 Å². The molecule has 122 valence electrons. The number of hydrogen-bond acceptors (Lipinski definition) is 3. The van der Waals surface area contributed by atoms with Gasteiger partial charge in [0.05, 0.1) is 6.04 Å². The van der Waals surface area contributed by atoms with Gasteiger partial charge in [0.15, 0.2) is 0 Å². The molecule has 0 radical (unpaired) electrons. The molecule has 0 aromatic rings. The number of likely N-dealkylation sites (tertiary alicyclic amines) is 1. The molecule has 1 N–H and O–H groups in total. The van der Waals surface area contributed by atoms with Gasteiger partial charge in [-0.05, 0) is 40.0 Å². The van der Waals surface area contributed by atoms with Crippen LogP contribution in [-0.2, 0) is 9.53 Å². The quantitative estimate of drug-likeness (QED) is 0.852. The Morgan fingerprint density at radius 1 is 1.24 bits per heavy atom. The van der Waals surface area contributed by atoms with E-state index in [9.17, 15) is 22.8 Å². The molecule has 0 unspecified atom stereocenters. The molecule has 5 nitrogen and oxygen atoms in total. The SMILES string of the molecule is CC(C)(C)OC(=O)N1CCCC[C@H]1CNC(=O)C(F)(F)F. The van der Waals surface area contributed by atoms with Crippen molar-refractivity contribution in [3.8, 4) is 0 Å². The highest BCUT2D eigenvalue weighted by molar-refractivity contribution is 5.81. The second kappa shape index (κ2) is 6.53. The van der Waals surface area contributed by atoms with Gasteiger partial charge in [0.1, 0.15) is 5.60 Å². The van der Waals surface area contributed by atoms with Gasteiger partial charge in [0.2, 0.25) is 0 Å². The largest absolute Gasteiger partial charge is 0.471 e. The molecule has 0 aromatic heterocycles. The van der Waals surface area contributed by atoms with Gasteiger partial charge in [-0.15, -0.1) is 0 Å². The second-order valence-corrected chi connectivity index (χ2v) is 6.03. The van der Waals surface area contributed by atoms with E-state index in [0.29, 0.717) is 13.0 Å². The fraction of sp³-hybridized carbons (Fsp3) is 0.846. The number of rotatable bonds is 2. The van der Waals surface area contributed by atoms with Crippen LogP contribution in [0.3, 0.4) is 0 Å². The van der Waals surface area contributed by atoms with Crippen LogP contribution in [0.5, 0.6) is 0 Å². The number of amides is 2. The third-order valence-corrected chi connectivity index (χ3v) is 3.01. The van der Waals surface area contributed by atoms with Crippen molar-refractivity contribution in [3.63, 3.8) is 0 Å². The summed E-state index contributed by atoms with van der Waals surface area (Å²) in [5.74, 6) is -1.99. The molecule has 1 fully saturated rings. The number of halogens is 3. The summed E-state index contributed by atoms with van der Waals surface area (Å²) in [4.78, 5) is 24.3. The fourth-order valence-corrected chi connectivity index (χ4v) is 2.08. The zero-order chi connectivity index (χ0) is 16.3. The summed E-state index contributed by atoms with van der Waals surface area (Å²) in [5, 5.41) is 1.83.